The second kappa shape index (κ2) is 5.26. The van der Waals surface area contributed by atoms with Crippen molar-refractivity contribution in [3.05, 3.63) is 64.2 Å². The quantitative estimate of drug-likeness (QED) is 0.767. The summed E-state index contributed by atoms with van der Waals surface area (Å²) in [4.78, 5) is 0. The third-order valence-corrected chi connectivity index (χ3v) is 3.30. The van der Waals surface area contributed by atoms with Crippen LogP contribution in [0.2, 0.25) is 0 Å². The lowest BCUT2D eigenvalue weighted by Crippen LogP contribution is -1.98. The first-order valence-electron chi connectivity index (χ1n) is 6.32. The number of benzene rings is 2. The molecule has 0 fully saturated rings. The van der Waals surface area contributed by atoms with Gasteiger partial charge in [0.25, 0.3) is 0 Å². The molecule has 0 aliphatic heterocycles. The second-order valence-corrected chi connectivity index (χ2v) is 4.98. The molecule has 0 spiro atoms. The van der Waals surface area contributed by atoms with E-state index in [0.29, 0.717) is 6.61 Å². The Balaban J connectivity index is 2.09. The Labute approximate surface area is 109 Å². The molecule has 2 aromatic carbocycles. The molecule has 1 nitrogen and oxygen atoms in total. The van der Waals surface area contributed by atoms with Gasteiger partial charge in [-0.1, -0.05) is 35.9 Å². The minimum Gasteiger partial charge on any atom is -0.489 e. The van der Waals surface area contributed by atoms with Gasteiger partial charge < -0.3 is 4.74 Å². The van der Waals surface area contributed by atoms with E-state index in [9.17, 15) is 0 Å². The first kappa shape index (κ1) is 12.7. The van der Waals surface area contributed by atoms with Crippen molar-refractivity contribution in [2.75, 3.05) is 0 Å². The maximum absolute atomic E-state index is 5.87. The first-order chi connectivity index (χ1) is 8.56. The summed E-state index contributed by atoms with van der Waals surface area (Å²) >= 11 is 0. The zero-order chi connectivity index (χ0) is 13.1. The fraction of sp³-hybridized carbons (Fsp3) is 0.294. The first-order valence-corrected chi connectivity index (χ1v) is 6.32. The Kier molecular flexibility index (Phi) is 3.71. The topological polar surface area (TPSA) is 9.23 Å². The maximum Gasteiger partial charge on any atom is 0.122 e. The molecule has 0 radical (unpaired) electrons. The van der Waals surface area contributed by atoms with Gasteiger partial charge >= 0.3 is 0 Å². The molecular weight excluding hydrogens is 220 g/mol. The summed E-state index contributed by atoms with van der Waals surface area (Å²) in [6.45, 7) is 9.08. The van der Waals surface area contributed by atoms with Crippen LogP contribution in [0.1, 0.15) is 27.8 Å². The van der Waals surface area contributed by atoms with E-state index in [2.05, 4.69) is 58.0 Å². The van der Waals surface area contributed by atoms with Crippen molar-refractivity contribution in [1.82, 2.24) is 0 Å². The fourth-order valence-corrected chi connectivity index (χ4v) is 2.02. The fourth-order valence-electron chi connectivity index (χ4n) is 2.02. The van der Waals surface area contributed by atoms with E-state index in [1.54, 1.807) is 0 Å². The van der Waals surface area contributed by atoms with Crippen LogP contribution in [0.25, 0.3) is 0 Å². The minimum atomic E-state index is 0.630. The van der Waals surface area contributed by atoms with Crippen LogP contribution in [-0.2, 0) is 6.61 Å². The average Bonchev–Trinajstić information content (AvgIpc) is 2.32. The predicted molar refractivity (Wildman–Crippen MR) is 76.2 cm³/mol. The Bertz CT molecular complexity index is 556. The third-order valence-electron chi connectivity index (χ3n) is 3.30. The van der Waals surface area contributed by atoms with E-state index < -0.39 is 0 Å². The SMILES string of the molecule is Cc1ccc(OCc2ccc(C)c(C)c2)c(C)c1. The van der Waals surface area contributed by atoms with Crippen LogP contribution in [0.15, 0.2) is 36.4 Å². The van der Waals surface area contributed by atoms with Crippen LogP contribution in [0.5, 0.6) is 5.75 Å². The summed E-state index contributed by atoms with van der Waals surface area (Å²) in [7, 11) is 0. The standard InChI is InChI=1S/C17H20O/c1-12-5-8-17(15(4)9-12)18-11-16-7-6-13(2)14(3)10-16/h5-10H,11H2,1-4H3. The van der Waals surface area contributed by atoms with Crippen molar-refractivity contribution in [1.29, 1.82) is 0 Å². The molecule has 0 saturated carbocycles. The van der Waals surface area contributed by atoms with E-state index in [0.717, 1.165) is 5.75 Å². The lowest BCUT2D eigenvalue weighted by Gasteiger charge is -2.11. The van der Waals surface area contributed by atoms with Gasteiger partial charge in [0.05, 0.1) is 0 Å². The van der Waals surface area contributed by atoms with Gasteiger partial charge in [0.1, 0.15) is 12.4 Å². The van der Waals surface area contributed by atoms with Crippen molar-refractivity contribution < 1.29 is 4.74 Å². The molecule has 0 N–H and O–H groups in total. The number of ether oxygens (including phenoxy) is 1. The molecule has 0 aliphatic carbocycles. The monoisotopic (exact) mass is 240 g/mol. The molecule has 0 amide bonds. The highest BCUT2D eigenvalue weighted by molar-refractivity contribution is 5.36. The van der Waals surface area contributed by atoms with Crippen molar-refractivity contribution in [2.45, 2.75) is 34.3 Å². The number of aryl methyl sites for hydroxylation is 4. The molecule has 0 bridgehead atoms. The highest BCUT2D eigenvalue weighted by Crippen LogP contribution is 2.20. The van der Waals surface area contributed by atoms with Crippen LogP contribution in [0.3, 0.4) is 0 Å². The summed E-state index contributed by atoms with van der Waals surface area (Å²) in [6.07, 6.45) is 0. The lowest BCUT2D eigenvalue weighted by molar-refractivity contribution is 0.304. The highest BCUT2D eigenvalue weighted by Gasteiger charge is 2.01. The summed E-state index contributed by atoms with van der Waals surface area (Å²) in [5.41, 5.74) is 6.32. The number of rotatable bonds is 3. The summed E-state index contributed by atoms with van der Waals surface area (Å²) in [6, 6.07) is 12.8. The number of hydrogen-bond acceptors (Lipinski definition) is 1. The van der Waals surface area contributed by atoms with Gasteiger partial charge in [-0.05, 0) is 56.0 Å². The van der Waals surface area contributed by atoms with E-state index >= 15 is 0 Å². The zero-order valence-electron chi connectivity index (χ0n) is 11.6. The molecule has 2 aromatic rings. The maximum atomic E-state index is 5.87. The van der Waals surface area contributed by atoms with Crippen LogP contribution >= 0.6 is 0 Å². The van der Waals surface area contributed by atoms with Crippen molar-refractivity contribution in [3.63, 3.8) is 0 Å². The van der Waals surface area contributed by atoms with Crippen LogP contribution < -0.4 is 4.74 Å². The molecule has 1 heteroatoms. The molecule has 0 aromatic heterocycles. The van der Waals surface area contributed by atoms with Gasteiger partial charge in [-0.15, -0.1) is 0 Å². The van der Waals surface area contributed by atoms with E-state index in [1.165, 1.54) is 27.8 Å². The van der Waals surface area contributed by atoms with Gasteiger partial charge in [-0.25, -0.2) is 0 Å². The second-order valence-electron chi connectivity index (χ2n) is 4.98. The summed E-state index contributed by atoms with van der Waals surface area (Å²) < 4.78 is 5.87. The Morgan fingerprint density at radius 1 is 0.778 bits per heavy atom. The van der Waals surface area contributed by atoms with Gasteiger partial charge in [-0.2, -0.15) is 0 Å². The van der Waals surface area contributed by atoms with Crippen molar-refractivity contribution in [2.24, 2.45) is 0 Å². The summed E-state index contributed by atoms with van der Waals surface area (Å²) in [5, 5.41) is 0. The van der Waals surface area contributed by atoms with Gasteiger partial charge in [0.15, 0.2) is 0 Å². The Morgan fingerprint density at radius 3 is 2.22 bits per heavy atom. The van der Waals surface area contributed by atoms with E-state index in [1.807, 2.05) is 6.07 Å². The van der Waals surface area contributed by atoms with Crippen molar-refractivity contribution in [3.8, 4) is 5.75 Å². The molecule has 0 heterocycles. The summed E-state index contributed by atoms with van der Waals surface area (Å²) in [5.74, 6) is 0.971. The average molecular weight is 240 g/mol. The van der Waals surface area contributed by atoms with Gasteiger partial charge in [-0.3, -0.25) is 0 Å². The Hall–Kier alpha value is -1.76. The van der Waals surface area contributed by atoms with E-state index in [4.69, 9.17) is 4.74 Å². The Morgan fingerprint density at radius 2 is 1.56 bits per heavy atom. The van der Waals surface area contributed by atoms with Crippen LogP contribution in [-0.4, -0.2) is 0 Å². The smallest absolute Gasteiger partial charge is 0.122 e. The van der Waals surface area contributed by atoms with Crippen LogP contribution in [0.4, 0.5) is 0 Å². The van der Waals surface area contributed by atoms with E-state index in [-0.39, 0.29) is 0 Å². The largest absolute Gasteiger partial charge is 0.489 e. The third kappa shape index (κ3) is 2.92. The lowest BCUT2D eigenvalue weighted by atomic mass is 10.1. The van der Waals surface area contributed by atoms with Gasteiger partial charge in [0, 0.05) is 0 Å². The molecule has 0 unspecified atom stereocenters. The highest BCUT2D eigenvalue weighted by atomic mass is 16.5. The van der Waals surface area contributed by atoms with Crippen molar-refractivity contribution >= 4 is 0 Å². The molecule has 94 valence electrons. The van der Waals surface area contributed by atoms with Crippen LogP contribution in [0, 0.1) is 27.7 Å². The molecule has 2 rings (SSSR count). The number of hydrogen-bond donors (Lipinski definition) is 0. The molecular formula is C17H20O. The minimum absolute atomic E-state index is 0.630. The molecule has 18 heavy (non-hydrogen) atoms. The molecule has 0 atom stereocenters. The molecule has 0 saturated heterocycles. The molecule has 0 aliphatic rings. The van der Waals surface area contributed by atoms with Gasteiger partial charge in [0.2, 0.25) is 0 Å². The zero-order valence-corrected chi connectivity index (χ0v) is 11.6. The normalized spacial score (nSPS) is 10.4. The predicted octanol–water partition coefficient (Wildman–Crippen LogP) is 4.50.